The summed E-state index contributed by atoms with van der Waals surface area (Å²) in [4.78, 5) is 15.8. The van der Waals surface area contributed by atoms with E-state index in [1.165, 1.54) is 12.8 Å². The summed E-state index contributed by atoms with van der Waals surface area (Å²) in [6, 6.07) is 2.45. The third-order valence-corrected chi connectivity index (χ3v) is 3.04. The third kappa shape index (κ3) is 6.23. The van der Waals surface area contributed by atoms with Crippen LogP contribution in [0.2, 0.25) is 0 Å². The fraction of sp³-hybridized carbons (Fsp3) is 0.538. The molecule has 108 valence electrons. The van der Waals surface area contributed by atoms with E-state index in [-0.39, 0.29) is 30.7 Å². The van der Waals surface area contributed by atoms with Crippen LogP contribution in [0.5, 0.6) is 0 Å². The molecule has 1 aromatic rings. The van der Waals surface area contributed by atoms with Crippen LogP contribution in [0.4, 0.5) is 5.69 Å². The van der Waals surface area contributed by atoms with Gasteiger partial charge >= 0.3 is 0 Å². The first kappa shape index (κ1) is 18.2. The maximum absolute atomic E-state index is 11.7. The summed E-state index contributed by atoms with van der Waals surface area (Å²) in [5.74, 6) is 0.0751. The Hall–Kier alpha value is -0.840. The molecule has 1 amide bonds. The third-order valence-electron chi connectivity index (χ3n) is 3.04. The van der Waals surface area contributed by atoms with Gasteiger partial charge in [-0.2, -0.15) is 0 Å². The first-order valence-electron chi connectivity index (χ1n) is 6.19. The molecular formula is C13H21Cl2N3O. The van der Waals surface area contributed by atoms with Crippen LogP contribution < -0.4 is 10.6 Å². The molecule has 1 fully saturated rings. The van der Waals surface area contributed by atoms with Crippen molar-refractivity contribution in [3.8, 4) is 0 Å². The number of anilines is 1. The zero-order chi connectivity index (χ0) is 12.1. The summed E-state index contributed by atoms with van der Waals surface area (Å²) < 4.78 is 0. The van der Waals surface area contributed by atoms with Gasteiger partial charge < -0.3 is 10.6 Å². The number of pyridine rings is 1. The number of nitrogens with zero attached hydrogens (tertiary/aromatic N) is 1. The number of aromatic nitrogens is 1. The maximum atomic E-state index is 11.7. The molecule has 6 heteroatoms. The van der Waals surface area contributed by atoms with Crippen LogP contribution >= 0.6 is 24.8 Å². The van der Waals surface area contributed by atoms with Gasteiger partial charge in [-0.3, -0.25) is 9.78 Å². The molecule has 0 saturated carbocycles. The molecule has 1 aliphatic rings. The van der Waals surface area contributed by atoms with Gasteiger partial charge in [0.1, 0.15) is 0 Å². The minimum absolute atomic E-state index is 0. The molecule has 4 nitrogen and oxygen atoms in total. The van der Waals surface area contributed by atoms with Gasteiger partial charge in [-0.1, -0.05) is 0 Å². The van der Waals surface area contributed by atoms with E-state index < -0.39 is 0 Å². The number of hydrogen-bond donors (Lipinski definition) is 2. The van der Waals surface area contributed by atoms with Gasteiger partial charge in [0.25, 0.3) is 0 Å². The number of carbonyl (C=O) groups is 1. The molecule has 0 radical (unpaired) electrons. The van der Waals surface area contributed by atoms with Crippen molar-refractivity contribution < 1.29 is 4.79 Å². The number of carbonyl (C=O) groups excluding carboxylic acids is 1. The predicted molar refractivity (Wildman–Crippen MR) is 82.4 cm³/mol. The molecule has 0 bridgehead atoms. The van der Waals surface area contributed by atoms with Crippen molar-refractivity contribution in [2.24, 2.45) is 0 Å². The van der Waals surface area contributed by atoms with Crippen molar-refractivity contribution in [3.63, 3.8) is 0 Å². The van der Waals surface area contributed by atoms with E-state index in [1.54, 1.807) is 12.4 Å². The zero-order valence-electron chi connectivity index (χ0n) is 11.0. The van der Waals surface area contributed by atoms with E-state index >= 15 is 0 Å². The van der Waals surface area contributed by atoms with Gasteiger partial charge in [-0.05, 0) is 44.4 Å². The molecule has 0 spiro atoms. The largest absolute Gasteiger partial charge is 0.325 e. The Morgan fingerprint density at radius 1 is 1.47 bits per heavy atom. The number of nitrogens with one attached hydrogen (secondary N) is 2. The topological polar surface area (TPSA) is 54.0 Å². The standard InChI is InChI=1S/C13H19N3O.2ClH/c1-10-7-12(9-14-8-10)16-13(17)5-4-11-3-2-6-15-11;;/h7-9,11,15H,2-6H2,1H3,(H,16,17);2*1H. The number of hydrogen-bond acceptors (Lipinski definition) is 3. The van der Waals surface area contributed by atoms with E-state index in [0.717, 1.165) is 24.2 Å². The van der Waals surface area contributed by atoms with Crippen molar-refractivity contribution >= 4 is 36.4 Å². The highest BCUT2D eigenvalue weighted by molar-refractivity contribution is 5.90. The average Bonchev–Trinajstić information content (AvgIpc) is 2.79. The Balaban J connectivity index is 0.00000162. The normalized spacial score (nSPS) is 17.2. The molecule has 1 aromatic heterocycles. The highest BCUT2D eigenvalue weighted by Gasteiger charge is 2.15. The number of halogens is 2. The van der Waals surface area contributed by atoms with Gasteiger partial charge in [-0.15, -0.1) is 24.8 Å². The lowest BCUT2D eigenvalue weighted by Gasteiger charge is -2.10. The van der Waals surface area contributed by atoms with Gasteiger partial charge in [0.05, 0.1) is 11.9 Å². The lowest BCUT2D eigenvalue weighted by molar-refractivity contribution is -0.116. The van der Waals surface area contributed by atoms with Gasteiger partial charge in [0.15, 0.2) is 0 Å². The van der Waals surface area contributed by atoms with Crippen molar-refractivity contribution in [3.05, 3.63) is 24.0 Å². The second-order valence-electron chi connectivity index (χ2n) is 4.63. The molecule has 2 rings (SSSR count). The lowest BCUT2D eigenvalue weighted by atomic mass is 10.1. The number of aryl methyl sites for hydroxylation is 1. The summed E-state index contributed by atoms with van der Waals surface area (Å²) in [6.45, 7) is 3.05. The second kappa shape index (κ2) is 9.13. The van der Waals surface area contributed by atoms with Crippen LogP contribution in [0.25, 0.3) is 0 Å². The smallest absolute Gasteiger partial charge is 0.224 e. The SMILES string of the molecule is Cc1cncc(NC(=O)CCC2CCCN2)c1.Cl.Cl. The monoisotopic (exact) mass is 305 g/mol. The Labute approximate surface area is 126 Å². The van der Waals surface area contributed by atoms with E-state index in [1.807, 2.05) is 13.0 Å². The highest BCUT2D eigenvalue weighted by Crippen LogP contribution is 2.12. The van der Waals surface area contributed by atoms with Crippen molar-refractivity contribution in [2.75, 3.05) is 11.9 Å². The maximum Gasteiger partial charge on any atom is 0.224 e. The summed E-state index contributed by atoms with van der Waals surface area (Å²) in [6.07, 6.45) is 7.38. The van der Waals surface area contributed by atoms with Crippen LogP contribution in [-0.2, 0) is 4.79 Å². The average molecular weight is 306 g/mol. The van der Waals surface area contributed by atoms with Crippen LogP contribution in [0, 0.1) is 6.92 Å². The van der Waals surface area contributed by atoms with E-state index in [2.05, 4.69) is 15.6 Å². The molecule has 1 saturated heterocycles. The molecule has 1 atom stereocenters. The van der Waals surface area contributed by atoms with Crippen LogP contribution in [-0.4, -0.2) is 23.5 Å². The number of amides is 1. The lowest BCUT2D eigenvalue weighted by Crippen LogP contribution is -2.23. The molecule has 0 aliphatic carbocycles. The van der Waals surface area contributed by atoms with E-state index in [0.29, 0.717) is 12.5 Å². The van der Waals surface area contributed by atoms with Crippen molar-refractivity contribution in [2.45, 2.75) is 38.6 Å². The second-order valence-corrected chi connectivity index (χ2v) is 4.63. The molecule has 2 N–H and O–H groups in total. The fourth-order valence-corrected chi connectivity index (χ4v) is 2.16. The molecule has 1 unspecified atom stereocenters. The Morgan fingerprint density at radius 2 is 2.26 bits per heavy atom. The molecule has 19 heavy (non-hydrogen) atoms. The van der Waals surface area contributed by atoms with E-state index in [4.69, 9.17) is 0 Å². The van der Waals surface area contributed by atoms with E-state index in [9.17, 15) is 4.79 Å². The molecule has 0 aromatic carbocycles. The van der Waals surface area contributed by atoms with Crippen molar-refractivity contribution in [1.29, 1.82) is 0 Å². The zero-order valence-corrected chi connectivity index (χ0v) is 12.6. The fourth-order valence-electron chi connectivity index (χ4n) is 2.16. The minimum Gasteiger partial charge on any atom is -0.325 e. The molecule has 2 heterocycles. The first-order chi connectivity index (χ1) is 8.24. The summed E-state index contributed by atoms with van der Waals surface area (Å²) in [7, 11) is 0. The van der Waals surface area contributed by atoms with Gasteiger partial charge in [0.2, 0.25) is 5.91 Å². The quantitative estimate of drug-likeness (QED) is 0.899. The van der Waals surface area contributed by atoms with Crippen LogP contribution in [0.1, 0.15) is 31.2 Å². The van der Waals surface area contributed by atoms with Gasteiger partial charge in [-0.25, -0.2) is 0 Å². The predicted octanol–water partition coefficient (Wildman–Crippen LogP) is 2.70. The summed E-state index contributed by atoms with van der Waals surface area (Å²) >= 11 is 0. The highest BCUT2D eigenvalue weighted by atomic mass is 35.5. The Bertz CT molecular complexity index is 395. The first-order valence-corrected chi connectivity index (χ1v) is 6.19. The van der Waals surface area contributed by atoms with Crippen LogP contribution in [0.15, 0.2) is 18.5 Å². The Morgan fingerprint density at radius 3 is 2.89 bits per heavy atom. The molecule has 1 aliphatic heterocycles. The van der Waals surface area contributed by atoms with Crippen molar-refractivity contribution in [1.82, 2.24) is 10.3 Å². The molecular weight excluding hydrogens is 285 g/mol. The van der Waals surface area contributed by atoms with Crippen LogP contribution in [0.3, 0.4) is 0 Å². The summed E-state index contributed by atoms with van der Waals surface area (Å²) in [5.41, 5.74) is 1.84. The summed E-state index contributed by atoms with van der Waals surface area (Å²) in [5, 5.41) is 6.27. The Kier molecular flexibility index (Phi) is 8.72. The minimum atomic E-state index is 0. The number of rotatable bonds is 4. The van der Waals surface area contributed by atoms with Gasteiger partial charge in [0, 0.05) is 18.7 Å².